The van der Waals surface area contributed by atoms with Crippen LogP contribution in [0.4, 0.5) is 0 Å². The fourth-order valence-corrected chi connectivity index (χ4v) is 2.46. The van der Waals surface area contributed by atoms with Crippen LogP contribution in [0, 0.1) is 0 Å². The van der Waals surface area contributed by atoms with Crippen LogP contribution in [0.2, 0.25) is 0 Å². The van der Waals surface area contributed by atoms with Gasteiger partial charge in [-0.2, -0.15) is 0 Å². The highest BCUT2D eigenvalue weighted by Crippen LogP contribution is 2.19. The second-order valence-corrected chi connectivity index (χ2v) is 5.04. The smallest absolute Gasteiger partial charge is 0.256 e. The number of H-pyrrole nitrogens is 1. The number of nitrogens with zero attached hydrogens (tertiary/aromatic N) is 1. The number of para-hydroxylation sites is 1. The number of hydrogen-bond acceptors (Lipinski definition) is 3. The number of ether oxygens (including phenoxy) is 2. The van der Waals surface area contributed by atoms with Gasteiger partial charge >= 0.3 is 0 Å². The van der Waals surface area contributed by atoms with Crippen molar-refractivity contribution in [3.8, 4) is 0 Å². The van der Waals surface area contributed by atoms with Crippen molar-refractivity contribution in [1.29, 1.82) is 0 Å². The normalized spacial score (nSPS) is 12.5. The minimum atomic E-state index is -0.0112. The van der Waals surface area contributed by atoms with Gasteiger partial charge in [0.1, 0.15) is 0 Å². The monoisotopic (exact) mass is 290 g/mol. The van der Waals surface area contributed by atoms with Crippen LogP contribution in [0.25, 0.3) is 10.9 Å². The maximum absolute atomic E-state index is 12.9. The van der Waals surface area contributed by atoms with Gasteiger partial charge in [0.05, 0.1) is 30.3 Å². The third-order valence-corrected chi connectivity index (χ3v) is 3.55. The number of amides is 1. The molecule has 1 heterocycles. The Morgan fingerprint density at radius 3 is 2.81 bits per heavy atom. The molecule has 1 aromatic carbocycles. The third-order valence-electron chi connectivity index (χ3n) is 3.55. The highest BCUT2D eigenvalue weighted by Gasteiger charge is 2.23. The Bertz CT molecular complexity index is 594. The molecule has 5 nitrogen and oxygen atoms in total. The summed E-state index contributed by atoms with van der Waals surface area (Å²) in [5, 5.41) is 1.03. The molecule has 0 aliphatic heterocycles. The lowest BCUT2D eigenvalue weighted by Crippen LogP contribution is -2.43. The first kappa shape index (κ1) is 15.5. The minimum Gasteiger partial charge on any atom is -0.383 e. The Kier molecular flexibility index (Phi) is 5.36. The molecule has 0 bridgehead atoms. The standard InChI is InChI=1S/C16H22N2O3/c1-12(11-21-3)18(9-10-20-2)16(19)14-6-4-5-13-7-8-17-15(13)14/h4-8,12,17H,9-11H2,1-3H3. The first-order chi connectivity index (χ1) is 10.2. The first-order valence-corrected chi connectivity index (χ1v) is 7.04. The van der Waals surface area contributed by atoms with Gasteiger partial charge in [-0.05, 0) is 19.1 Å². The highest BCUT2D eigenvalue weighted by atomic mass is 16.5. The fraction of sp³-hybridized carbons (Fsp3) is 0.438. The van der Waals surface area contributed by atoms with Crippen molar-refractivity contribution < 1.29 is 14.3 Å². The van der Waals surface area contributed by atoms with E-state index in [1.54, 1.807) is 19.1 Å². The average Bonchev–Trinajstić information content (AvgIpc) is 2.96. The summed E-state index contributed by atoms with van der Waals surface area (Å²) in [5.41, 5.74) is 1.55. The lowest BCUT2D eigenvalue weighted by Gasteiger charge is -2.29. The maximum Gasteiger partial charge on any atom is 0.256 e. The number of carbonyl (C=O) groups excluding carboxylic acids is 1. The topological polar surface area (TPSA) is 54.6 Å². The van der Waals surface area contributed by atoms with Crippen molar-refractivity contribution in [2.45, 2.75) is 13.0 Å². The van der Waals surface area contributed by atoms with Crippen molar-refractivity contribution in [2.24, 2.45) is 0 Å². The predicted octanol–water partition coefficient (Wildman–Crippen LogP) is 2.29. The van der Waals surface area contributed by atoms with Crippen LogP contribution in [-0.4, -0.2) is 55.8 Å². The summed E-state index contributed by atoms with van der Waals surface area (Å²) < 4.78 is 10.3. The molecule has 1 unspecified atom stereocenters. The molecular weight excluding hydrogens is 268 g/mol. The average molecular weight is 290 g/mol. The first-order valence-electron chi connectivity index (χ1n) is 7.04. The molecule has 5 heteroatoms. The molecule has 1 amide bonds. The molecule has 2 rings (SSSR count). The van der Waals surface area contributed by atoms with Crippen molar-refractivity contribution in [2.75, 3.05) is 34.0 Å². The summed E-state index contributed by atoms with van der Waals surface area (Å²) in [6, 6.07) is 7.69. The summed E-state index contributed by atoms with van der Waals surface area (Å²) in [6.45, 7) is 3.51. The van der Waals surface area contributed by atoms with E-state index >= 15 is 0 Å². The molecule has 0 aliphatic rings. The molecule has 0 aliphatic carbocycles. The Morgan fingerprint density at radius 1 is 1.29 bits per heavy atom. The summed E-state index contributed by atoms with van der Waals surface area (Å²) in [5.74, 6) is -0.00958. The number of methoxy groups -OCH3 is 2. The van der Waals surface area contributed by atoms with Gasteiger partial charge in [0.2, 0.25) is 0 Å². The Morgan fingerprint density at radius 2 is 2.10 bits per heavy atom. The number of hydrogen-bond donors (Lipinski definition) is 1. The molecule has 114 valence electrons. The summed E-state index contributed by atoms with van der Waals surface area (Å²) in [4.78, 5) is 17.8. The van der Waals surface area contributed by atoms with Crippen LogP contribution in [0.3, 0.4) is 0 Å². The molecule has 21 heavy (non-hydrogen) atoms. The van der Waals surface area contributed by atoms with Gasteiger partial charge in [0.25, 0.3) is 5.91 Å². The molecule has 0 saturated heterocycles. The number of rotatable bonds is 7. The van der Waals surface area contributed by atoms with Gasteiger partial charge in [-0.3, -0.25) is 4.79 Å². The second-order valence-electron chi connectivity index (χ2n) is 5.04. The quantitative estimate of drug-likeness (QED) is 0.851. The molecule has 0 spiro atoms. The number of aromatic nitrogens is 1. The van der Waals surface area contributed by atoms with Gasteiger partial charge in [0.15, 0.2) is 0 Å². The van der Waals surface area contributed by atoms with Crippen LogP contribution in [-0.2, 0) is 9.47 Å². The lowest BCUT2D eigenvalue weighted by molar-refractivity contribution is 0.0481. The van der Waals surface area contributed by atoms with Crippen LogP contribution in [0.5, 0.6) is 0 Å². The SMILES string of the molecule is COCCN(C(=O)c1cccc2cc[nH]c12)C(C)COC. The van der Waals surface area contributed by atoms with Crippen molar-refractivity contribution in [3.05, 3.63) is 36.0 Å². The number of nitrogens with one attached hydrogen (secondary N) is 1. The van der Waals surface area contributed by atoms with Gasteiger partial charge in [-0.1, -0.05) is 12.1 Å². The summed E-state index contributed by atoms with van der Waals surface area (Å²) >= 11 is 0. The van der Waals surface area contributed by atoms with Crippen LogP contribution >= 0.6 is 0 Å². The highest BCUT2D eigenvalue weighted by molar-refractivity contribution is 6.05. The Labute approximate surface area is 124 Å². The van der Waals surface area contributed by atoms with Gasteiger partial charge in [-0.15, -0.1) is 0 Å². The third kappa shape index (κ3) is 3.43. The number of benzene rings is 1. The molecule has 2 aromatic rings. The summed E-state index contributed by atoms with van der Waals surface area (Å²) in [6.07, 6.45) is 1.85. The Balaban J connectivity index is 2.30. The van der Waals surface area contributed by atoms with Crippen LogP contribution in [0.1, 0.15) is 17.3 Å². The van der Waals surface area contributed by atoms with E-state index in [2.05, 4.69) is 4.98 Å². The zero-order valence-corrected chi connectivity index (χ0v) is 12.8. The lowest BCUT2D eigenvalue weighted by atomic mass is 10.1. The van der Waals surface area contributed by atoms with E-state index in [1.165, 1.54) is 0 Å². The van der Waals surface area contributed by atoms with Gasteiger partial charge in [-0.25, -0.2) is 0 Å². The van der Waals surface area contributed by atoms with E-state index in [0.717, 1.165) is 10.9 Å². The molecular formula is C16H22N2O3. The fourth-order valence-electron chi connectivity index (χ4n) is 2.46. The van der Waals surface area contributed by atoms with E-state index in [-0.39, 0.29) is 11.9 Å². The van der Waals surface area contributed by atoms with E-state index in [9.17, 15) is 4.79 Å². The zero-order chi connectivity index (χ0) is 15.2. The molecule has 1 N–H and O–H groups in total. The van der Waals surface area contributed by atoms with E-state index in [4.69, 9.17) is 9.47 Å². The van der Waals surface area contributed by atoms with Crippen LogP contribution < -0.4 is 0 Å². The molecule has 0 fully saturated rings. The molecule has 1 aromatic heterocycles. The largest absolute Gasteiger partial charge is 0.383 e. The molecule has 0 radical (unpaired) electrons. The van der Waals surface area contributed by atoms with E-state index in [0.29, 0.717) is 25.3 Å². The molecule has 0 saturated carbocycles. The summed E-state index contributed by atoms with van der Waals surface area (Å²) in [7, 11) is 3.27. The van der Waals surface area contributed by atoms with Crippen LogP contribution in [0.15, 0.2) is 30.5 Å². The maximum atomic E-state index is 12.9. The van der Waals surface area contributed by atoms with Crippen molar-refractivity contribution in [3.63, 3.8) is 0 Å². The van der Waals surface area contributed by atoms with E-state index < -0.39 is 0 Å². The predicted molar refractivity (Wildman–Crippen MR) is 82.5 cm³/mol. The molecule has 1 atom stereocenters. The zero-order valence-electron chi connectivity index (χ0n) is 12.8. The van der Waals surface area contributed by atoms with E-state index in [1.807, 2.05) is 37.4 Å². The number of aromatic amines is 1. The minimum absolute atomic E-state index is 0.00958. The van der Waals surface area contributed by atoms with Gasteiger partial charge in [0, 0.05) is 32.3 Å². The number of fused-ring (bicyclic) bond motifs is 1. The van der Waals surface area contributed by atoms with Crippen molar-refractivity contribution >= 4 is 16.8 Å². The number of carbonyl (C=O) groups is 1. The second kappa shape index (κ2) is 7.24. The van der Waals surface area contributed by atoms with Crippen molar-refractivity contribution in [1.82, 2.24) is 9.88 Å². The Hall–Kier alpha value is -1.85. The van der Waals surface area contributed by atoms with Gasteiger partial charge < -0.3 is 19.4 Å².